The smallest absolute Gasteiger partial charge is 0.253 e. The maximum Gasteiger partial charge on any atom is 0.253 e. The fraction of sp³-hybridized carbons (Fsp3) is 0.448. The molecule has 3 heterocycles. The summed E-state index contributed by atoms with van der Waals surface area (Å²) in [5, 5.41) is 14.0. The van der Waals surface area contributed by atoms with Gasteiger partial charge in [-0.15, -0.1) is 5.10 Å². The molecule has 1 atom stereocenters. The molecular formula is C29H35N7O3. The highest BCUT2D eigenvalue weighted by atomic mass is 16.5. The van der Waals surface area contributed by atoms with Crippen molar-refractivity contribution >= 4 is 16.6 Å². The van der Waals surface area contributed by atoms with Gasteiger partial charge in [-0.25, -0.2) is 4.68 Å². The molecule has 1 saturated heterocycles. The molecule has 2 aromatic carbocycles. The Bertz CT molecular complexity index is 1470. The highest BCUT2D eigenvalue weighted by Gasteiger charge is 2.34. The van der Waals surface area contributed by atoms with Crippen LogP contribution >= 0.6 is 0 Å². The van der Waals surface area contributed by atoms with Crippen molar-refractivity contribution in [2.75, 3.05) is 45.3 Å². The number of aromatic amines is 1. The first kappa shape index (κ1) is 25.4. The number of rotatable bonds is 7. The van der Waals surface area contributed by atoms with E-state index in [-0.39, 0.29) is 17.6 Å². The molecule has 1 aliphatic carbocycles. The Morgan fingerprint density at radius 2 is 1.64 bits per heavy atom. The Hall–Kier alpha value is -3.92. The highest BCUT2D eigenvalue weighted by Crippen LogP contribution is 2.35. The first-order chi connectivity index (χ1) is 19.2. The van der Waals surface area contributed by atoms with Crippen LogP contribution in [0, 0.1) is 0 Å². The van der Waals surface area contributed by atoms with Gasteiger partial charge >= 0.3 is 0 Å². The minimum Gasteiger partial charge on any atom is -0.493 e. The lowest BCUT2D eigenvalue weighted by Gasteiger charge is -2.40. The second kappa shape index (κ2) is 11.1. The number of piperazine rings is 1. The van der Waals surface area contributed by atoms with Gasteiger partial charge in [0.1, 0.15) is 6.04 Å². The number of methoxy groups -OCH3 is 2. The molecule has 2 aromatic heterocycles. The van der Waals surface area contributed by atoms with Crippen LogP contribution in [0.1, 0.15) is 55.6 Å². The van der Waals surface area contributed by atoms with Gasteiger partial charge in [-0.1, -0.05) is 37.5 Å². The number of pyridine rings is 1. The molecule has 1 aliphatic heterocycles. The third kappa shape index (κ3) is 4.96. The van der Waals surface area contributed by atoms with Crippen LogP contribution in [0.15, 0.2) is 53.3 Å². The lowest BCUT2D eigenvalue weighted by molar-refractivity contribution is 0.192. The molecule has 0 bridgehead atoms. The van der Waals surface area contributed by atoms with Crippen molar-refractivity contribution in [3.8, 4) is 11.5 Å². The van der Waals surface area contributed by atoms with Gasteiger partial charge in [0.15, 0.2) is 17.3 Å². The lowest BCUT2D eigenvalue weighted by Crippen LogP contribution is -2.49. The van der Waals surface area contributed by atoms with E-state index in [9.17, 15) is 4.79 Å². The van der Waals surface area contributed by atoms with Crippen LogP contribution in [0.2, 0.25) is 0 Å². The number of fused-ring (bicyclic) bond motifs is 1. The fourth-order valence-electron chi connectivity index (χ4n) is 6.10. The number of benzene rings is 2. The molecule has 10 nitrogen and oxygen atoms in total. The Kier molecular flexibility index (Phi) is 7.19. The number of ether oxygens (including phenoxy) is 2. The Morgan fingerprint density at radius 1 is 0.923 bits per heavy atom. The number of para-hydroxylation sites is 1. The van der Waals surface area contributed by atoms with E-state index in [1.807, 2.05) is 22.9 Å². The van der Waals surface area contributed by atoms with Crippen molar-refractivity contribution in [3.63, 3.8) is 0 Å². The maximum absolute atomic E-state index is 13.7. The van der Waals surface area contributed by atoms with Crippen LogP contribution in [0.3, 0.4) is 0 Å². The minimum absolute atomic E-state index is 0.150. The van der Waals surface area contributed by atoms with Crippen LogP contribution in [0.5, 0.6) is 11.5 Å². The van der Waals surface area contributed by atoms with E-state index in [1.165, 1.54) is 24.9 Å². The van der Waals surface area contributed by atoms with Crippen molar-refractivity contribution in [2.45, 2.75) is 44.2 Å². The summed E-state index contributed by atoms with van der Waals surface area (Å²) in [5.74, 6) is 1.92. The molecule has 2 aliphatic rings. The predicted molar refractivity (Wildman–Crippen MR) is 150 cm³/mol. The van der Waals surface area contributed by atoms with Gasteiger partial charge in [-0.2, -0.15) is 0 Å². The first-order valence-corrected chi connectivity index (χ1v) is 13.8. The summed E-state index contributed by atoms with van der Waals surface area (Å²) in [5.41, 5.74) is 2.39. The van der Waals surface area contributed by atoms with E-state index in [0.29, 0.717) is 22.6 Å². The van der Waals surface area contributed by atoms with E-state index in [0.717, 1.165) is 50.2 Å². The first-order valence-electron chi connectivity index (χ1n) is 13.8. The van der Waals surface area contributed by atoms with Crippen molar-refractivity contribution in [3.05, 3.63) is 70.3 Å². The molecular weight excluding hydrogens is 494 g/mol. The zero-order valence-electron chi connectivity index (χ0n) is 22.5. The van der Waals surface area contributed by atoms with Crippen LogP contribution in [-0.2, 0) is 0 Å². The van der Waals surface area contributed by atoms with Crippen LogP contribution in [0.4, 0.5) is 5.69 Å². The molecule has 0 spiro atoms. The minimum atomic E-state index is -0.374. The summed E-state index contributed by atoms with van der Waals surface area (Å²) in [6.07, 6.45) is 5.69. The molecule has 0 unspecified atom stereocenters. The highest BCUT2D eigenvalue weighted by molar-refractivity contribution is 5.83. The number of hydrogen-bond acceptors (Lipinski definition) is 8. The largest absolute Gasteiger partial charge is 0.493 e. The van der Waals surface area contributed by atoms with Crippen molar-refractivity contribution in [1.29, 1.82) is 0 Å². The van der Waals surface area contributed by atoms with Crippen LogP contribution in [-0.4, -0.2) is 70.5 Å². The Labute approximate surface area is 227 Å². The number of aromatic nitrogens is 5. The summed E-state index contributed by atoms with van der Waals surface area (Å²) in [6, 6.07) is 16.0. The molecule has 1 N–H and O–H groups in total. The standard InChI is InChI=1S/C29H35N7O3/c1-38-25-18-20-17-23(29(37)30-24(20)19-26(25)39-2)27(28-31-32-33-36(28)22-11-7-4-8-12-22)35-15-13-34(14-16-35)21-9-5-3-6-10-21/h3,5-6,9-10,17-19,22,27H,4,7-8,11-16H2,1-2H3,(H,30,37)/t27-/m0/s1. The average Bonchev–Trinajstić information content (AvgIpc) is 3.47. The monoisotopic (exact) mass is 529 g/mol. The summed E-state index contributed by atoms with van der Waals surface area (Å²) in [6.45, 7) is 3.25. The van der Waals surface area contributed by atoms with E-state index >= 15 is 0 Å². The number of anilines is 1. The zero-order valence-corrected chi connectivity index (χ0v) is 22.5. The van der Waals surface area contributed by atoms with Gasteiger partial charge in [0.2, 0.25) is 0 Å². The summed E-state index contributed by atoms with van der Waals surface area (Å²) >= 11 is 0. The van der Waals surface area contributed by atoms with Crippen molar-refractivity contribution in [2.24, 2.45) is 0 Å². The number of tetrazole rings is 1. The molecule has 0 amide bonds. The second-order valence-corrected chi connectivity index (χ2v) is 10.4. The van der Waals surface area contributed by atoms with Crippen LogP contribution in [0.25, 0.3) is 10.9 Å². The SMILES string of the molecule is COc1cc2cc([C@@H](c3nnnn3C3CCCCC3)N3CCN(c4ccccc4)CC3)c(=O)[nH]c2cc1OC. The van der Waals surface area contributed by atoms with Gasteiger partial charge in [-0.3, -0.25) is 9.69 Å². The van der Waals surface area contributed by atoms with Gasteiger partial charge < -0.3 is 19.4 Å². The third-order valence-corrected chi connectivity index (χ3v) is 8.16. The topological polar surface area (TPSA) is 101 Å². The van der Waals surface area contributed by atoms with E-state index in [4.69, 9.17) is 9.47 Å². The summed E-state index contributed by atoms with van der Waals surface area (Å²) in [7, 11) is 3.20. The van der Waals surface area contributed by atoms with Crippen molar-refractivity contribution < 1.29 is 9.47 Å². The normalized spacial score (nSPS) is 17.8. The molecule has 10 heteroatoms. The summed E-state index contributed by atoms with van der Waals surface area (Å²) in [4.78, 5) is 21.5. The van der Waals surface area contributed by atoms with Gasteiger partial charge in [0.25, 0.3) is 5.56 Å². The van der Waals surface area contributed by atoms with E-state index < -0.39 is 0 Å². The molecule has 204 valence electrons. The molecule has 1 saturated carbocycles. The van der Waals surface area contributed by atoms with Crippen LogP contribution < -0.4 is 19.9 Å². The van der Waals surface area contributed by atoms with Gasteiger partial charge in [-0.05, 0) is 47.5 Å². The number of nitrogens with zero attached hydrogens (tertiary/aromatic N) is 6. The molecule has 39 heavy (non-hydrogen) atoms. The van der Waals surface area contributed by atoms with Gasteiger partial charge in [0.05, 0.1) is 25.8 Å². The zero-order chi connectivity index (χ0) is 26.8. The molecule has 6 rings (SSSR count). The third-order valence-electron chi connectivity index (χ3n) is 8.16. The Morgan fingerprint density at radius 3 is 2.36 bits per heavy atom. The Balaban J connectivity index is 1.41. The fourth-order valence-corrected chi connectivity index (χ4v) is 6.10. The maximum atomic E-state index is 13.7. The number of nitrogens with one attached hydrogen (secondary N) is 1. The number of H-pyrrole nitrogens is 1. The lowest BCUT2D eigenvalue weighted by atomic mass is 9.95. The quantitative estimate of drug-likeness (QED) is 0.384. The predicted octanol–water partition coefficient (Wildman–Crippen LogP) is 3.95. The van der Waals surface area contributed by atoms with Crippen molar-refractivity contribution in [1.82, 2.24) is 30.1 Å². The summed E-state index contributed by atoms with van der Waals surface area (Å²) < 4.78 is 13.0. The molecule has 0 radical (unpaired) electrons. The molecule has 4 aromatic rings. The average molecular weight is 530 g/mol. The van der Waals surface area contributed by atoms with Gasteiger partial charge in [0, 0.05) is 48.9 Å². The van der Waals surface area contributed by atoms with E-state index in [2.05, 4.69) is 54.6 Å². The molecule has 2 fully saturated rings. The number of hydrogen-bond donors (Lipinski definition) is 1. The van der Waals surface area contributed by atoms with E-state index in [1.54, 1.807) is 20.3 Å². The second-order valence-electron chi connectivity index (χ2n) is 10.4.